The molecule has 0 atom stereocenters. The van der Waals surface area contributed by atoms with Gasteiger partial charge in [0.1, 0.15) is 0 Å². The molecule has 0 aromatic carbocycles. The zero-order chi connectivity index (χ0) is 10.5. The first kappa shape index (κ1) is 13.3. The second-order valence-corrected chi connectivity index (χ2v) is 6.92. The van der Waals surface area contributed by atoms with Gasteiger partial charge in [-0.2, -0.15) is 0 Å². The molecular weight excluding hydrogens is 180 g/mol. The fourth-order valence-electron chi connectivity index (χ4n) is 1.87. The topological polar surface area (TPSA) is 6.48 Å². The second-order valence-electron chi connectivity index (χ2n) is 3.45. The number of rotatable bonds is 6. The Kier molecular flexibility index (Phi) is 6.01. The molecule has 0 saturated carbocycles. The van der Waals surface area contributed by atoms with Crippen LogP contribution in [0.5, 0.6) is 0 Å². The molecule has 0 aliphatic rings. The van der Waals surface area contributed by atoms with E-state index >= 15 is 0 Å². The van der Waals surface area contributed by atoms with Gasteiger partial charge in [0, 0.05) is 26.2 Å². The number of hydrogen-bond donors (Lipinski definition) is 0. The van der Waals surface area contributed by atoms with Crippen LogP contribution in [0.1, 0.15) is 27.7 Å². The summed E-state index contributed by atoms with van der Waals surface area (Å²) in [6.07, 6.45) is 4.79. The fraction of sp³-hybridized carbons (Fsp3) is 1.00. The van der Waals surface area contributed by atoms with Crippen molar-refractivity contribution in [2.75, 3.05) is 38.7 Å². The van der Waals surface area contributed by atoms with E-state index in [1.165, 1.54) is 0 Å². The Morgan fingerprint density at radius 2 is 0.923 bits per heavy atom. The van der Waals surface area contributed by atoms with Crippen LogP contribution >= 0.6 is 10.4 Å². The molecule has 0 heterocycles. The molecule has 0 radical (unpaired) electrons. The summed E-state index contributed by atoms with van der Waals surface area (Å²) in [5.41, 5.74) is 0. The third kappa shape index (κ3) is 3.15. The van der Waals surface area contributed by atoms with Crippen molar-refractivity contribution in [1.82, 2.24) is 8.61 Å². The van der Waals surface area contributed by atoms with Gasteiger partial charge in [0.25, 0.3) is 0 Å². The van der Waals surface area contributed by atoms with E-state index in [1.54, 1.807) is 0 Å². The van der Waals surface area contributed by atoms with E-state index in [-0.39, 0.29) is 0 Å². The molecule has 0 aliphatic carbocycles. The molecule has 3 heteroatoms. The standard InChI is InChI=1S/C10H26N2S/c1-7-11(8-2)13(5,6)12(9-3)10-4/h7-10H2,1-6H3. The fourth-order valence-corrected chi connectivity index (χ4v) is 4.73. The van der Waals surface area contributed by atoms with Gasteiger partial charge in [0.15, 0.2) is 0 Å². The quantitative estimate of drug-likeness (QED) is 0.659. The summed E-state index contributed by atoms with van der Waals surface area (Å²) in [6.45, 7) is 13.7. The van der Waals surface area contributed by atoms with Gasteiger partial charge in [-0.05, 0) is 12.5 Å². The molecule has 0 fully saturated rings. The Balaban J connectivity index is 4.48. The van der Waals surface area contributed by atoms with E-state index in [0.29, 0.717) is 0 Å². The lowest BCUT2D eigenvalue weighted by atomic mass is 10.7. The predicted molar refractivity (Wildman–Crippen MR) is 65.3 cm³/mol. The monoisotopic (exact) mass is 206 g/mol. The largest absolute Gasteiger partial charge is 0.257 e. The minimum absolute atomic E-state index is 0.697. The van der Waals surface area contributed by atoms with E-state index < -0.39 is 10.4 Å². The SMILES string of the molecule is CCN(CC)S(C)(C)N(CC)CC. The van der Waals surface area contributed by atoms with Gasteiger partial charge < -0.3 is 0 Å². The molecule has 0 aliphatic heterocycles. The van der Waals surface area contributed by atoms with Crippen molar-refractivity contribution in [3.05, 3.63) is 0 Å². The van der Waals surface area contributed by atoms with Gasteiger partial charge in [0.05, 0.1) is 0 Å². The normalized spacial score (nSPS) is 14.2. The van der Waals surface area contributed by atoms with Gasteiger partial charge in [-0.25, -0.2) is 0 Å². The molecule has 82 valence electrons. The zero-order valence-electron chi connectivity index (χ0n) is 10.1. The van der Waals surface area contributed by atoms with Crippen LogP contribution in [0.4, 0.5) is 0 Å². The molecule has 0 unspecified atom stereocenters. The Labute approximate surface area is 85.9 Å². The molecule has 2 nitrogen and oxygen atoms in total. The van der Waals surface area contributed by atoms with E-state index in [1.807, 2.05) is 0 Å². The summed E-state index contributed by atoms with van der Waals surface area (Å²) >= 11 is 0. The van der Waals surface area contributed by atoms with Crippen LogP contribution in [0.3, 0.4) is 0 Å². The predicted octanol–water partition coefficient (Wildman–Crippen LogP) is 2.56. The van der Waals surface area contributed by atoms with Crippen molar-refractivity contribution >= 4 is 10.4 Å². The molecule has 13 heavy (non-hydrogen) atoms. The second kappa shape index (κ2) is 5.89. The highest BCUT2D eigenvalue weighted by atomic mass is 32.3. The maximum absolute atomic E-state index is 2.58. The Bertz CT molecular complexity index is 115. The summed E-state index contributed by atoms with van der Waals surface area (Å²) < 4.78 is 5.17. The van der Waals surface area contributed by atoms with Gasteiger partial charge in [0.2, 0.25) is 0 Å². The van der Waals surface area contributed by atoms with Gasteiger partial charge in [-0.3, -0.25) is 8.61 Å². The van der Waals surface area contributed by atoms with E-state index in [0.717, 1.165) is 26.2 Å². The van der Waals surface area contributed by atoms with Crippen LogP contribution in [0.25, 0.3) is 0 Å². The van der Waals surface area contributed by atoms with Crippen LogP contribution in [0, 0.1) is 0 Å². The maximum Gasteiger partial charge on any atom is 0.00567 e. The van der Waals surface area contributed by atoms with Crippen LogP contribution < -0.4 is 0 Å². The lowest BCUT2D eigenvalue weighted by Crippen LogP contribution is -2.38. The van der Waals surface area contributed by atoms with Crippen molar-refractivity contribution < 1.29 is 0 Å². The van der Waals surface area contributed by atoms with Gasteiger partial charge >= 0.3 is 0 Å². The molecule has 0 aromatic rings. The summed E-state index contributed by atoms with van der Waals surface area (Å²) in [7, 11) is -0.697. The lowest BCUT2D eigenvalue weighted by Gasteiger charge is -2.50. The number of hydrogen-bond acceptors (Lipinski definition) is 2. The Morgan fingerprint density at radius 1 is 0.692 bits per heavy atom. The third-order valence-electron chi connectivity index (χ3n) is 2.67. The van der Waals surface area contributed by atoms with Gasteiger partial charge in [-0.15, -0.1) is 10.4 Å². The van der Waals surface area contributed by atoms with Crippen molar-refractivity contribution in [2.45, 2.75) is 27.7 Å². The van der Waals surface area contributed by atoms with E-state index in [9.17, 15) is 0 Å². The molecule has 0 rings (SSSR count). The van der Waals surface area contributed by atoms with Crippen molar-refractivity contribution in [2.24, 2.45) is 0 Å². The molecule has 0 N–H and O–H groups in total. The molecule has 0 spiro atoms. The van der Waals surface area contributed by atoms with E-state index in [4.69, 9.17) is 0 Å². The van der Waals surface area contributed by atoms with Crippen LogP contribution in [0.15, 0.2) is 0 Å². The maximum atomic E-state index is 2.58. The van der Waals surface area contributed by atoms with E-state index in [2.05, 4.69) is 48.8 Å². The molecule has 0 bridgehead atoms. The average Bonchev–Trinajstić information content (AvgIpc) is 2.07. The summed E-state index contributed by atoms with van der Waals surface area (Å²) in [6, 6.07) is 0. The van der Waals surface area contributed by atoms with Crippen LogP contribution in [-0.2, 0) is 0 Å². The minimum Gasteiger partial charge on any atom is -0.257 e. The smallest absolute Gasteiger partial charge is 0.00567 e. The Morgan fingerprint density at radius 3 is 1.08 bits per heavy atom. The average molecular weight is 206 g/mol. The number of nitrogens with zero attached hydrogens (tertiary/aromatic N) is 2. The van der Waals surface area contributed by atoms with Crippen molar-refractivity contribution in [3.63, 3.8) is 0 Å². The Hall–Kier alpha value is 0.270. The van der Waals surface area contributed by atoms with Crippen LogP contribution in [0.2, 0.25) is 0 Å². The summed E-state index contributed by atoms with van der Waals surface area (Å²) in [4.78, 5) is 0. The highest BCUT2D eigenvalue weighted by Gasteiger charge is 2.23. The summed E-state index contributed by atoms with van der Waals surface area (Å²) in [5.74, 6) is 0. The molecule has 0 aromatic heterocycles. The first-order valence-electron chi connectivity index (χ1n) is 5.27. The van der Waals surface area contributed by atoms with Crippen molar-refractivity contribution in [1.29, 1.82) is 0 Å². The molecule has 0 saturated heterocycles. The first-order chi connectivity index (χ1) is 6.04. The van der Waals surface area contributed by atoms with Crippen LogP contribution in [-0.4, -0.2) is 47.3 Å². The molecule has 0 amide bonds. The minimum atomic E-state index is -0.697. The highest BCUT2D eigenvalue weighted by Crippen LogP contribution is 2.47. The summed E-state index contributed by atoms with van der Waals surface area (Å²) in [5, 5.41) is 0. The third-order valence-corrected chi connectivity index (χ3v) is 6.23. The van der Waals surface area contributed by atoms with Gasteiger partial charge in [-0.1, -0.05) is 27.7 Å². The molecular formula is C10H26N2S. The first-order valence-corrected chi connectivity index (χ1v) is 7.64. The lowest BCUT2D eigenvalue weighted by molar-refractivity contribution is 0.434. The highest BCUT2D eigenvalue weighted by molar-refractivity contribution is 8.28. The van der Waals surface area contributed by atoms with Crippen molar-refractivity contribution in [3.8, 4) is 0 Å². The zero-order valence-corrected chi connectivity index (χ0v) is 10.9.